The van der Waals surface area contributed by atoms with Crippen LogP contribution >= 0.6 is 11.8 Å². The number of nitrogens with zero attached hydrogens (tertiary/aromatic N) is 2. The molecule has 0 amide bonds. The van der Waals surface area contributed by atoms with Gasteiger partial charge < -0.3 is 4.74 Å². The van der Waals surface area contributed by atoms with Crippen LogP contribution in [0.3, 0.4) is 0 Å². The predicted octanol–water partition coefficient (Wildman–Crippen LogP) is 1.71. The van der Waals surface area contributed by atoms with E-state index in [0.717, 1.165) is 43.5 Å². The quantitative estimate of drug-likeness (QED) is 0.599. The van der Waals surface area contributed by atoms with Crippen molar-refractivity contribution >= 4 is 17.5 Å². The Balaban J connectivity index is 1.78. The van der Waals surface area contributed by atoms with Gasteiger partial charge in [-0.3, -0.25) is 14.7 Å². The molecule has 98 valence electrons. The highest BCUT2D eigenvalue weighted by molar-refractivity contribution is 7.99. The van der Waals surface area contributed by atoms with Crippen LogP contribution in [0.2, 0.25) is 0 Å². The van der Waals surface area contributed by atoms with E-state index in [9.17, 15) is 4.79 Å². The summed E-state index contributed by atoms with van der Waals surface area (Å²) in [7, 11) is 0. The zero-order valence-corrected chi connectivity index (χ0v) is 11.4. The van der Waals surface area contributed by atoms with Crippen LogP contribution in [0.15, 0.2) is 23.2 Å². The van der Waals surface area contributed by atoms with Crippen LogP contribution in [-0.4, -0.2) is 54.3 Å². The van der Waals surface area contributed by atoms with Crippen LogP contribution in [0.5, 0.6) is 0 Å². The minimum absolute atomic E-state index is 0.0191. The average molecular weight is 266 g/mol. The van der Waals surface area contributed by atoms with Crippen molar-refractivity contribution in [3.8, 4) is 0 Å². The second kappa shape index (κ2) is 6.87. The van der Waals surface area contributed by atoms with Gasteiger partial charge in [0, 0.05) is 43.4 Å². The number of hydrogen-bond acceptors (Lipinski definition) is 5. The van der Waals surface area contributed by atoms with Gasteiger partial charge in [-0.1, -0.05) is 0 Å². The van der Waals surface area contributed by atoms with Gasteiger partial charge >= 0.3 is 0 Å². The lowest BCUT2D eigenvalue weighted by Crippen LogP contribution is -2.37. The lowest BCUT2D eigenvalue weighted by Gasteiger charge is -2.26. The highest BCUT2D eigenvalue weighted by Gasteiger charge is 2.09. The first-order chi connectivity index (χ1) is 8.75. The van der Waals surface area contributed by atoms with Crippen molar-refractivity contribution in [3.05, 3.63) is 24.0 Å². The normalized spacial score (nSPS) is 16.7. The monoisotopic (exact) mass is 266 g/mol. The molecule has 1 aliphatic rings. The first-order valence-electron chi connectivity index (χ1n) is 6.15. The molecule has 1 aromatic rings. The molecule has 4 nitrogen and oxygen atoms in total. The lowest BCUT2D eigenvalue weighted by atomic mass is 10.3. The minimum Gasteiger partial charge on any atom is -0.379 e. The molecule has 1 saturated heterocycles. The van der Waals surface area contributed by atoms with E-state index >= 15 is 0 Å². The van der Waals surface area contributed by atoms with Gasteiger partial charge in [-0.05, 0) is 12.1 Å². The minimum atomic E-state index is 0.0191. The molecule has 0 N–H and O–H groups in total. The molecule has 0 unspecified atom stereocenters. The number of rotatable bonds is 5. The maximum Gasteiger partial charge on any atom is 0.178 e. The van der Waals surface area contributed by atoms with Crippen molar-refractivity contribution in [1.29, 1.82) is 0 Å². The number of ketones is 1. The number of Topliss-reactive ketones (excluding diaryl/α,β-unsaturated/α-hetero) is 1. The van der Waals surface area contributed by atoms with Gasteiger partial charge in [-0.25, -0.2) is 0 Å². The number of ether oxygens (including phenoxy) is 1. The maximum absolute atomic E-state index is 11.2. The van der Waals surface area contributed by atoms with Gasteiger partial charge in [0.05, 0.1) is 13.2 Å². The zero-order chi connectivity index (χ0) is 12.8. The summed E-state index contributed by atoms with van der Waals surface area (Å²) in [5, 5.41) is 0. The van der Waals surface area contributed by atoms with E-state index in [2.05, 4.69) is 9.88 Å². The molecular formula is C13H18N2O2S. The number of carbonyl (C=O) groups is 1. The molecule has 2 heterocycles. The Hall–Kier alpha value is -0.910. The fraction of sp³-hybridized carbons (Fsp3) is 0.538. The molecule has 1 fully saturated rings. The number of morpholine rings is 1. The standard InChI is InChI=1S/C13H18N2O2S/c1-11(16)13-10-12(2-3-14-13)18-9-6-15-4-7-17-8-5-15/h2-3,10H,4-9H2,1H3. The van der Waals surface area contributed by atoms with Crippen LogP contribution in [0.25, 0.3) is 0 Å². The van der Waals surface area contributed by atoms with Crippen molar-refractivity contribution in [2.45, 2.75) is 11.8 Å². The van der Waals surface area contributed by atoms with Crippen molar-refractivity contribution in [1.82, 2.24) is 9.88 Å². The molecular weight excluding hydrogens is 248 g/mol. The van der Waals surface area contributed by atoms with Gasteiger partial charge in [-0.15, -0.1) is 11.8 Å². The predicted molar refractivity (Wildman–Crippen MR) is 72.2 cm³/mol. The molecule has 1 aliphatic heterocycles. The third-order valence-corrected chi connectivity index (χ3v) is 3.85. The van der Waals surface area contributed by atoms with E-state index in [1.807, 2.05) is 12.1 Å². The average Bonchev–Trinajstić information content (AvgIpc) is 2.40. The van der Waals surface area contributed by atoms with Gasteiger partial charge in [0.15, 0.2) is 5.78 Å². The van der Waals surface area contributed by atoms with Gasteiger partial charge in [0.2, 0.25) is 0 Å². The van der Waals surface area contributed by atoms with Crippen molar-refractivity contribution in [2.75, 3.05) is 38.6 Å². The lowest BCUT2D eigenvalue weighted by molar-refractivity contribution is 0.0410. The summed E-state index contributed by atoms with van der Waals surface area (Å²) >= 11 is 1.77. The number of carbonyl (C=O) groups excluding carboxylic acids is 1. The van der Waals surface area contributed by atoms with Gasteiger partial charge in [-0.2, -0.15) is 0 Å². The Labute approximate surface area is 112 Å². The van der Waals surface area contributed by atoms with Crippen molar-refractivity contribution < 1.29 is 9.53 Å². The molecule has 1 aromatic heterocycles. The molecule has 5 heteroatoms. The fourth-order valence-electron chi connectivity index (χ4n) is 1.81. The van der Waals surface area contributed by atoms with Crippen LogP contribution in [0.1, 0.15) is 17.4 Å². The molecule has 0 radical (unpaired) electrons. The summed E-state index contributed by atoms with van der Waals surface area (Å²) in [6.07, 6.45) is 1.70. The van der Waals surface area contributed by atoms with E-state index in [4.69, 9.17) is 4.74 Å². The summed E-state index contributed by atoms with van der Waals surface area (Å²) in [4.78, 5) is 18.8. The molecule has 2 rings (SSSR count). The molecule has 0 atom stereocenters. The summed E-state index contributed by atoms with van der Waals surface area (Å²) in [5.74, 6) is 1.05. The van der Waals surface area contributed by atoms with Gasteiger partial charge in [0.25, 0.3) is 0 Å². The van der Waals surface area contributed by atoms with E-state index < -0.39 is 0 Å². The van der Waals surface area contributed by atoms with Gasteiger partial charge in [0.1, 0.15) is 5.69 Å². The highest BCUT2D eigenvalue weighted by atomic mass is 32.2. The highest BCUT2D eigenvalue weighted by Crippen LogP contribution is 2.18. The Bertz CT molecular complexity index is 406. The van der Waals surface area contributed by atoms with Crippen LogP contribution < -0.4 is 0 Å². The van der Waals surface area contributed by atoms with E-state index in [1.54, 1.807) is 24.9 Å². The van der Waals surface area contributed by atoms with Crippen LogP contribution in [0.4, 0.5) is 0 Å². The van der Waals surface area contributed by atoms with Crippen molar-refractivity contribution in [2.24, 2.45) is 0 Å². The number of pyridine rings is 1. The maximum atomic E-state index is 11.2. The molecule has 0 aromatic carbocycles. The summed E-state index contributed by atoms with van der Waals surface area (Å²) in [6.45, 7) is 6.34. The molecule has 0 bridgehead atoms. The first-order valence-corrected chi connectivity index (χ1v) is 7.14. The SMILES string of the molecule is CC(=O)c1cc(SCCN2CCOCC2)ccn1. The zero-order valence-electron chi connectivity index (χ0n) is 10.6. The Kier molecular flexibility index (Phi) is 5.16. The first kappa shape index (κ1) is 13.5. The Morgan fingerprint density at radius 1 is 1.50 bits per heavy atom. The molecule has 18 heavy (non-hydrogen) atoms. The molecule has 0 spiro atoms. The third kappa shape index (κ3) is 4.08. The number of aromatic nitrogens is 1. The topological polar surface area (TPSA) is 42.4 Å². The Morgan fingerprint density at radius 3 is 3.00 bits per heavy atom. The summed E-state index contributed by atoms with van der Waals surface area (Å²) in [5.41, 5.74) is 0.548. The summed E-state index contributed by atoms with van der Waals surface area (Å²) < 4.78 is 5.31. The van der Waals surface area contributed by atoms with Crippen LogP contribution in [0, 0.1) is 0 Å². The smallest absolute Gasteiger partial charge is 0.178 e. The largest absolute Gasteiger partial charge is 0.379 e. The second-order valence-electron chi connectivity index (χ2n) is 4.24. The molecule has 0 aliphatic carbocycles. The van der Waals surface area contributed by atoms with E-state index in [-0.39, 0.29) is 5.78 Å². The number of hydrogen-bond donors (Lipinski definition) is 0. The fourth-order valence-corrected chi connectivity index (χ4v) is 2.75. The second-order valence-corrected chi connectivity index (χ2v) is 5.40. The molecule has 0 saturated carbocycles. The third-order valence-electron chi connectivity index (χ3n) is 2.87. The number of thioether (sulfide) groups is 1. The summed E-state index contributed by atoms with van der Waals surface area (Å²) in [6, 6.07) is 3.82. The Morgan fingerprint density at radius 2 is 2.28 bits per heavy atom. The van der Waals surface area contributed by atoms with E-state index in [1.165, 1.54) is 0 Å². The van der Waals surface area contributed by atoms with Crippen molar-refractivity contribution in [3.63, 3.8) is 0 Å². The van der Waals surface area contributed by atoms with Crippen LogP contribution in [-0.2, 0) is 4.74 Å². The van der Waals surface area contributed by atoms with E-state index in [0.29, 0.717) is 5.69 Å².